The first kappa shape index (κ1) is 25.4. The van der Waals surface area contributed by atoms with Crippen molar-refractivity contribution in [3.8, 4) is 0 Å². The molecule has 0 radical (unpaired) electrons. The predicted octanol–water partition coefficient (Wildman–Crippen LogP) is 3.94. The second kappa shape index (κ2) is 9.59. The highest BCUT2D eigenvalue weighted by Crippen LogP contribution is 2.54. The van der Waals surface area contributed by atoms with Gasteiger partial charge in [0, 0.05) is 47.8 Å². The van der Waals surface area contributed by atoms with Crippen LogP contribution in [-0.2, 0) is 17.5 Å². The zero-order valence-electron chi connectivity index (χ0n) is 20.6. The van der Waals surface area contributed by atoms with Crippen molar-refractivity contribution >= 4 is 46.0 Å². The molecule has 0 amide bonds. The lowest BCUT2D eigenvalue weighted by Gasteiger charge is -2.44. The topological polar surface area (TPSA) is 129 Å². The quantitative estimate of drug-likeness (QED) is 0.475. The smallest absolute Gasteiger partial charge is 0.147 e. The van der Waals surface area contributed by atoms with Crippen molar-refractivity contribution in [2.24, 2.45) is 10.6 Å². The van der Waals surface area contributed by atoms with E-state index in [4.69, 9.17) is 27.6 Å². The first-order chi connectivity index (χ1) is 17.1. The molecule has 0 saturated carbocycles. The lowest BCUT2D eigenvalue weighted by molar-refractivity contribution is 0.156. The largest absolute Gasteiger partial charge is 0.382 e. The summed E-state index contributed by atoms with van der Waals surface area (Å²) < 4.78 is 14.0. The van der Waals surface area contributed by atoms with E-state index in [1.54, 1.807) is 12.4 Å². The molecule has 0 aliphatic carbocycles. The molecule has 4 N–H and O–H groups in total. The van der Waals surface area contributed by atoms with Crippen LogP contribution < -0.4 is 15.8 Å². The lowest BCUT2D eigenvalue weighted by atomic mass is 9.67. The number of fused-ring (bicyclic) bond motifs is 1. The third-order valence-corrected chi connectivity index (χ3v) is 10.3. The molecular formula is C24H31ClN8OS2. The molecule has 2 aliphatic rings. The van der Waals surface area contributed by atoms with Crippen LogP contribution in [0.25, 0.3) is 0 Å². The first-order valence-corrected chi connectivity index (χ1v) is 14.3. The fourth-order valence-corrected chi connectivity index (χ4v) is 6.75. The number of aromatic nitrogens is 5. The molecular weight excluding hydrogens is 516 g/mol. The second-order valence-electron chi connectivity index (χ2n) is 10.4. The molecule has 5 rings (SSSR count). The number of halogens is 1. The predicted molar refractivity (Wildman–Crippen MR) is 144 cm³/mol. The molecule has 1 saturated heterocycles. The summed E-state index contributed by atoms with van der Waals surface area (Å²) in [6.45, 7) is 8.67. The minimum Gasteiger partial charge on any atom is -0.382 e. The summed E-state index contributed by atoms with van der Waals surface area (Å²) in [5, 5.41) is 11.8. The number of rotatable bonds is 6. The van der Waals surface area contributed by atoms with Crippen molar-refractivity contribution < 1.29 is 4.21 Å². The SMILES string of the molecule is Cc1cc2n(n1)CC1(CCN(c3cnc(Sc4ccnc(N)c4Cl)cn3)CC1)[C@@H]2CC(C)(C)S(N)=O. The van der Waals surface area contributed by atoms with Crippen molar-refractivity contribution in [2.75, 3.05) is 23.7 Å². The van der Waals surface area contributed by atoms with E-state index in [1.165, 1.54) is 17.5 Å². The van der Waals surface area contributed by atoms with E-state index >= 15 is 0 Å². The number of nitrogen functional groups attached to an aromatic ring is 1. The molecule has 0 bridgehead atoms. The molecule has 2 aliphatic heterocycles. The monoisotopic (exact) mass is 546 g/mol. The van der Waals surface area contributed by atoms with Gasteiger partial charge < -0.3 is 10.6 Å². The Kier molecular flexibility index (Phi) is 6.78. The number of aryl methyl sites for hydroxylation is 1. The Balaban J connectivity index is 1.30. The molecule has 3 aromatic heterocycles. The molecule has 1 fully saturated rings. The van der Waals surface area contributed by atoms with E-state index in [0.29, 0.717) is 10.8 Å². The van der Waals surface area contributed by atoms with Gasteiger partial charge in [0.15, 0.2) is 0 Å². The third kappa shape index (κ3) is 4.73. The summed E-state index contributed by atoms with van der Waals surface area (Å²) in [6, 6.07) is 4.00. The maximum atomic E-state index is 12.3. The van der Waals surface area contributed by atoms with Crippen molar-refractivity contribution in [1.82, 2.24) is 24.7 Å². The maximum Gasteiger partial charge on any atom is 0.147 e. The average Bonchev–Trinajstić information content (AvgIpc) is 3.31. The van der Waals surface area contributed by atoms with Crippen LogP contribution in [0, 0.1) is 12.3 Å². The molecule has 12 heteroatoms. The normalized spacial score (nSPS) is 20.0. The van der Waals surface area contributed by atoms with Crippen LogP contribution in [0.1, 0.15) is 50.4 Å². The maximum absolute atomic E-state index is 12.3. The molecule has 2 atom stereocenters. The Bertz CT molecular complexity index is 1290. The van der Waals surface area contributed by atoms with E-state index in [9.17, 15) is 4.21 Å². The van der Waals surface area contributed by atoms with Gasteiger partial charge in [0.2, 0.25) is 0 Å². The number of hydrogen-bond acceptors (Lipinski definition) is 8. The third-order valence-electron chi connectivity index (χ3n) is 7.53. The molecule has 192 valence electrons. The van der Waals surface area contributed by atoms with Crippen LogP contribution in [0.15, 0.2) is 40.6 Å². The Morgan fingerprint density at radius 3 is 2.67 bits per heavy atom. The van der Waals surface area contributed by atoms with Gasteiger partial charge in [-0.2, -0.15) is 5.10 Å². The number of pyridine rings is 1. The number of nitrogens with zero attached hydrogens (tertiary/aromatic N) is 6. The summed E-state index contributed by atoms with van der Waals surface area (Å²) in [5.41, 5.74) is 8.15. The summed E-state index contributed by atoms with van der Waals surface area (Å²) in [5.74, 6) is 1.43. The number of nitrogens with two attached hydrogens (primary N) is 2. The van der Waals surface area contributed by atoms with Gasteiger partial charge in [0.1, 0.15) is 16.7 Å². The number of anilines is 2. The highest BCUT2D eigenvalue weighted by molar-refractivity contribution is 7.99. The molecule has 5 heterocycles. The van der Waals surface area contributed by atoms with Crippen LogP contribution in [0.3, 0.4) is 0 Å². The van der Waals surface area contributed by atoms with Crippen LogP contribution in [-0.4, -0.2) is 46.8 Å². The van der Waals surface area contributed by atoms with Crippen LogP contribution >= 0.6 is 23.4 Å². The van der Waals surface area contributed by atoms with Crippen molar-refractivity contribution in [3.63, 3.8) is 0 Å². The lowest BCUT2D eigenvalue weighted by Crippen LogP contribution is -2.45. The second-order valence-corrected chi connectivity index (χ2v) is 13.5. The minimum atomic E-state index is -1.40. The minimum absolute atomic E-state index is 0.0738. The van der Waals surface area contributed by atoms with Crippen LogP contribution in [0.5, 0.6) is 0 Å². The van der Waals surface area contributed by atoms with Crippen LogP contribution in [0.2, 0.25) is 5.02 Å². The summed E-state index contributed by atoms with van der Waals surface area (Å²) in [4.78, 5) is 16.4. The number of hydrogen-bond donors (Lipinski definition) is 2. The molecule has 1 unspecified atom stereocenters. The first-order valence-electron chi connectivity index (χ1n) is 11.9. The Morgan fingerprint density at radius 2 is 2.00 bits per heavy atom. The van der Waals surface area contributed by atoms with Gasteiger partial charge in [-0.25, -0.2) is 19.2 Å². The Labute approximate surface area is 223 Å². The van der Waals surface area contributed by atoms with Crippen LogP contribution in [0.4, 0.5) is 11.6 Å². The molecule has 1 spiro atoms. The van der Waals surface area contributed by atoms with Crippen molar-refractivity contribution in [2.45, 2.75) is 67.2 Å². The van der Waals surface area contributed by atoms with Crippen molar-refractivity contribution in [3.05, 3.63) is 47.1 Å². The van der Waals surface area contributed by atoms with Gasteiger partial charge >= 0.3 is 0 Å². The van der Waals surface area contributed by atoms with E-state index in [2.05, 4.69) is 30.6 Å². The standard InChI is InChI=1S/C24H31ClN8OS2/c1-15-10-17-16(11-23(2,3)36(27)34)24(14-33(17)31-15)5-8-32(9-6-24)19-12-30-20(13-29-19)35-18-4-7-28-22(26)21(18)25/h4,7,10,12-13,16H,5-6,8-9,11,14,27H2,1-3H3,(H2,26,28)/t16-,36?/m1/s1. The van der Waals surface area contributed by atoms with Crippen molar-refractivity contribution in [1.29, 1.82) is 0 Å². The van der Waals surface area contributed by atoms with Gasteiger partial charge in [-0.05, 0) is 52.2 Å². The molecule has 0 aromatic carbocycles. The van der Waals surface area contributed by atoms with E-state index in [1.807, 2.05) is 33.0 Å². The number of piperidine rings is 1. The summed E-state index contributed by atoms with van der Waals surface area (Å²) in [7, 11) is -1.40. The average molecular weight is 547 g/mol. The summed E-state index contributed by atoms with van der Waals surface area (Å²) in [6.07, 6.45) is 7.99. The van der Waals surface area contributed by atoms with Gasteiger partial charge in [0.25, 0.3) is 0 Å². The Morgan fingerprint density at radius 1 is 1.25 bits per heavy atom. The van der Waals surface area contributed by atoms with Gasteiger partial charge in [-0.3, -0.25) is 9.82 Å². The zero-order valence-corrected chi connectivity index (χ0v) is 23.0. The van der Waals surface area contributed by atoms with E-state index < -0.39 is 15.7 Å². The molecule has 36 heavy (non-hydrogen) atoms. The fourth-order valence-electron chi connectivity index (χ4n) is 5.44. The van der Waals surface area contributed by atoms with Gasteiger partial charge in [-0.15, -0.1) is 0 Å². The zero-order chi connectivity index (χ0) is 25.7. The van der Waals surface area contributed by atoms with Gasteiger partial charge in [0.05, 0.1) is 38.8 Å². The fraction of sp³-hybridized carbons (Fsp3) is 0.500. The molecule has 3 aromatic rings. The highest BCUT2D eigenvalue weighted by Gasteiger charge is 2.50. The summed E-state index contributed by atoms with van der Waals surface area (Å²) >= 11 is 7.68. The Hall–Kier alpha value is -2.21. The van der Waals surface area contributed by atoms with Gasteiger partial charge in [-0.1, -0.05) is 23.4 Å². The highest BCUT2D eigenvalue weighted by atomic mass is 35.5. The molecule has 9 nitrogen and oxygen atoms in total. The van der Waals surface area contributed by atoms with E-state index in [0.717, 1.165) is 60.3 Å². The van der Waals surface area contributed by atoms with E-state index in [-0.39, 0.29) is 11.3 Å².